The zero-order chi connectivity index (χ0) is 14.8. The number of halogens is 1. The second kappa shape index (κ2) is 5.74. The Morgan fingerprint density at radius 2 is 2.05 bits per heavy atom. The van der Waals surface area contributed by atoms with Gasteiger partial charge in [0.25, 0.3) is 0 Å². The number of nitrogens with zero attached hydrogens (tertiary/aromatic N) is 2. The molecule has 0 aliphatic heterocycles. The Morgan fingerprint density at radius 1 is 1.19 bits per heavy atom. The van der Waals surface area contributed by atoms with Crippen LogP contribution in [0.5, 0.6) is 0 Å². The molecule has 0 radical (unpaired) electrons. The number of aryl methyl sites for hydroxylation is 1. The molecule has 0 bridgehead atoms. The first-order valence-electron chi connectivity index (χ1n) is 6.95. The predicted molar refractivity (Wildman–Crippen MR) is 85.8 cm³/mol. The molecule has 0 aliphatic carbocycles. The number of anilines is 1. The lowest BCUT2D eigenvalue weighted by atomic mass is 10.2. The van der Waals surface area contributed by atoms with Gasteiger partial charge in [-0.15, -0.1) is 0 Å². The van der Waals surface area contributed by atoms with E-state index in [9.17, 15) is 0 Å². The molecule has 1 N–H and O–H groups in total. The molecule has 2 aromatic heterocycles. The highest BCUT2D eigenvalue weighted by molar-refractivity contribution is 6.31. The molecule has 108 valence electrons. The van der Waals surface area contributed by atoms with Crippen LogP contribution in [0.25, 0.3) is 22.4 Å². The van der Waals surface area contributed by atoms with Gasteiger partial charge >= 0.3 is 0 Å². The number of benzene rings is 1. The maximum atomic E-state index is 6.00. The molecule has 3 rings (SSSR count). The van der Waals surface area contributed by atoms with Crippen LogP contribution in [0.4, 0.5) is 5.82 Å². The minimum atomic E-state index is 0.694. The fraction of sp³-hybridized carbons (Fsp3) is 0.250. The van der Waals surface area contributed by atoms with E-state index in [1.807, 2.05) is 37.3 Å². The summed E-state index contributed by atoms with van der Waals surface area (Å²) in [5.74, 6) is 2.25. The second-order valence-corrected chi connectivity index (χ2v) is 5.34. The van der Waals surface area contributed by atoms with Crippen LogP contribution in [-0.4, -0.2) is 16.5 Å². The molecule has 3 aromatic rings. The van der Waals surface area contributed by atoms with Gasteiger partial charge < -0.3 is 9.73 Å². The fourth-order valence-electron chi connectivity index (χ4n) is 2.18. The Morgan fingerprint density at radius 3 is 2.86 bits per heavy atom. The molecule has 0 saturated heterocycles. The average Bonchev–Trinajstić information content (AvgIpc) is 2.87. The van der Waals surface area contributed by atoms with Gasteiger partial charge in [0.15, 0.2) is 5.76 Å². The van der Waals surface area contributed by atoms with Crippen molar-refractivity contribution in [1.82, 2.24) is 9.97 Å². The van der Waals surface area contributed by atoms with Crippen molar-refractivity contribution in [3.63, 3.8) is 0 Å². The van der Waals surface area contributed by atoms with Crippen molar-refractivity contribution >= 4 is 28.4 Å². The van der Waals surface area contributed by atoms with E-state index in [0.29, 0.717) is 10.8 Å². The van der Waals surface area contributed by atoms with Gasteiger partial charge in [-0.1, -0.05) is 18.5 Å². The summed E-state index contributed by atoms with van der Waals surface area (Å²) in [5, 5.41) is 4.94. The second-order valence-electron chi connectivity index (χ2n) is 4.91. The summed E-state index contributed by atoms with van der Waals surface area (Å²) in [4.78, 5) is 8.83. The average molecular weight is 302 g/mol. The first-order valence-corrected chi connectivity index (χ1v) is 7.32. The quantitative estimate of drug-likeness (QED) is 0.760. The van der Waals surface area contributed by atoms with E-state index in [-0.39, 0.29) is 0 Å². The van der Waals surface area contributed by atoms with E-state index in [4.69, 9.17) is 16.0 Å². The number of furan rings is 1. The molecule has 0 amide bonds. The van der Waals surface area contributed by atoms with Crippen LogP contribution < -0.4 is 5.32 Å². The summed E-state index contributed by atoms with van der Waals surface area (Å²) in [5.41, 5.74) is 1.57. The summed E-state index contributed by atoms with van der Waals surface area (Å²) in [6.45, 7) is 4.87. The third kappa shape index (κ3) is 3.00. The minimum Gasteiger partial charge on any atom is -0.454 e. The summed E-state index contributed by atoms with van der Waals surface area (Å²) in [7, 11) is 0. The third-order valence-electron chi connectivity index (χ3n) is 3.12. The molecule has 21 heavy (non-hydrogen) atoms. The number of rotatable bonds is 4. The van der Waals surface area contributed by atoms with E-state index < -0.39 is 0 Å². The number of nitrogens with one attached hydrogen (secondary N) is 1. The molecule has 0 fully saturated rings. The van der Waals surface area contributed by atoms with Gasteiger partial charge in [-0.2, -0.15) is 0 Å². The number of hydrogen-bond acceptors (Lipinski definition) is 4. The van der Waals surface area contributed by atoms with E-state index in [0.717, 1.165) is 41.2 Å². The van der Waals surface area contributed by atoms with Gasteiger partial charge in [0.05, 0.1) is 0 Å². The highest BCUT2D eigenvalue weighted by atomic mass is 35.5. The van der Waals surface area contributed by atoms with E-state index in [1.165, 1.54) is 0 Å². The summed E-state index contributed by atoms with van der Waals surface area (Å²) >= 11 is 6.00. The molecular formula is C16H16ClN3O. The fourth-order valence-corrected chi connectivity index (χ4v) is 2.36. The molecule has 0 aliphatic rings. The normalized spacial score (nSPS) is 11.0. The Bertz CT molecular complexity index is 782. The summed E-state index contributed by atoms with van der Waals surface area (Å²) < 4.78 is 5.85. The number of hydrogen-bond donors (Lipinski definition) is 1. The van der Waals surface area contributed by atoms with Crippen LogP contribution in [0.1, 0.15) is 19.2 Å². The zero-order valence-electron chi connectivity index (χ0n) is 12.0. The number of fused-ring (bicyclic) bond motifs is 1. The molecule has 5 heteroatoms. The van der Waals surface area contributed by atoms with Gasteiger partial charge in [0.2, 0.25) is 0 Å². The van der Waals surface area contributed by atoms with Crippen LogP contribution in [0.15, 0.2) is 34.7 Å². The van der Waals surface area contributed by atoms with Crippen molar-refractivity contribution in [2.75, 3.05) is 11.9 Å². The van der Waals surface area contributed by atoms with Crippen LogP contribution in [0.3, 0.4) is 0 Å². The first kappa shape index (κ1) is 13.9. The van der Waals surface area contributed by atoms with Gasteiger partial charge in [-0.3, -0.25) is 0 Å². The molecule has 4 nitrogen and oxygen atoms in total. The largest absolute Gasteiger partial charge is 0.454 e. The van der Waals surface area contributed by atoms with Crippen molar-refractivity contribution in [3.8, 4) is 11.5 Å². The van der Waals surface area contributed by atoms with Crippen LogP contribution in [0, 0.1) is 6.92 Å². The lowest BCUT2D eigenvalue weighted by Crippen LogP contribution is -2.04. The monoisotopic (exact) mass is 301 g/mol. The number of aromatic nitrogens is 2. The summed E-state index contributed by atoms with van der Waals surface area (Å²) in [6, 6.07) is 9.42. The van der Waals surface area contributed by atoms with Gasteiger partial charge in [0, 0.05) is 23.0 Å². The van der Waals surface area contributed by atoms with Gasteiger partial charge in [0.1, 0.15) is 22.9 Å². The first-order chi connectivity index (χ1) is 10.2. The summed E-state index contributed by atoms with van der Waals surface area (Å²) in [6.07, 6.45) is 1.04. The molecule has 0 saturated carbocycles. The maximum absolute atomic E-state index is 6.00. The topological polar surface area (TPSA) is 51.0 Å². The van der Waals surface area contributed by atoms with E-state index >= 15 is 0 Å². The molecule has 0 atom stereocenters. The van der Waals surface area contributed by atoms with E-state index in [2.05, 4.69) is 22.2 Å². The Kier molecular flexibility index (Phi) is 3.80. The van der Waals surface area contributed by atoms with Crippen molar-refractivity contribution in [3.05, 3.63) is 41.2 Å². The lowest BCUT2D eigenvalue weighted by Gasteiger charge is -2.06. The standard InChI is InChI=1S/C16H16ClN3O/c1-3-6-18-16-9-13(19-10(2)20-16)15-8-11-7-12(17)4-5-14(11)21-15/h4-5,7-9H,3,6H2,1-2H3,(H,18,19,20). The van der Waals surface area contributed by atoms with Crippen LogP contribution in [-0.2, 0) is 0 Å². The predicted octanol–water partition coefficient (Wildman–Crippen LogP) is 4.67. The molecule has 0 spiro atoms. The smallest absolute Gasteiger partial charge is 0.154 e. The van der Waals surface area contributed by atoms with Crippen molar-refractivity contribution < 1.29 is 4.42 Å². The van der Waals surface area contributed by atoms with Gasteiger partial charge in [-0.25, -0.2) is 9.97 Å². The Balaban J connectivity index is 2.02. The highest BCUT2D eigenvalue weighted by Gasteiger charge is 2.10. The van der Waals surface area contributed by atoms with Crippen molar-refractivity contribution in [1.29, 1.82) is 0 Å². The highest BCUT2D eigenvalue weighted by Crippen LogP contribution is 2.29. The lowest BCUT2D eigenvalue weighted by molar-refractivity contribution is 0.628. The van der Waals surface area contributed by atoms with Crippen molar-refractivity contribution in [2.24, 2.45) is 0 Å². The van der Waals surface area contributed by atoms with Crippen molar-refractivity contribution in [2.45, 2.75) is 20.3 Å². The maximum Gasteiger partial charge on any atom is 0.154 e. The Hall–Kier alpha value is -2.07. The molecule has 2 heterocycles. The zero-order valence-corrected chi connectivity index (χ0v) is 12.7. The van der Waals surface area contributed by atoms with Gasteiger partial charge in [-0.05, 0) is 37.6 Å². The molecular weight excluding hydrogens is 286 g/mol. The molecule has 0 unspecified atom stereocenters. The van der Waals surface area contributed by atoms with Crippen LogP contribution in [0.2, 0.25) is 5.02 Å². The van der Waals surface area contributed by atoms with Crippen LogP contribution >= 0.6 is 11.6 Å². The third-order valence-corrected chi connectivity index (χ3v) is 3.36. The van der Waals surface area contributed by atoms with E-state index in [1.54, 1.807) is 0 Å². The SMILES string of the molecule is CCCNc1cc(-c2cc3cc(Cl)ccc3o2)nc(C)n1. The molecule has 1 aromatic carbocycles. The Labute approximate surface area is 128 Å². The minimum absolute atomic E-state index is 0.694.